The van der Waals surface area contributed by atoms with Gasteiger partial charge in [-0.2, -0.15) is 0 Å². The summed E-state index contributed by atoms with van der Waals surface area (Å²) in [5.41, 5.74) is 6.81. The van der Waals surface area contributed by atoms with Gasteiger partial charge in [-0.3, -0.25) is 0 Å². The fourth-order valence-electron chi connectivity index (χ4n) is 1.88. The van der Waals surface area contributed by atoms with Crippen LogP contribution in [0, 0.1) is 0 Å². The number of nitrogens with two attached hydrogens (primary N) is 1. The van der Waals surface area contributed by atoms with Crippen LogP contribution in [0.2, 0.25) is 5.02 Å². The van der Waals surface area contributed by atoms with Crippen LogP contribution in [-0.2, 0) is 16.0 Å². The highest BCUT2D eigenvalue weighted by atomic mass is 35.5. The van der Waals surface area contributed by atoms with E-state index in [1.165, 1.54) is 14.2 Å². The molecule has 5 nitrogen and oxygen atoms in total. The zero-order valence-electron chi connectivity index (χ0n) is 12.8. The van der Waals surface area contributed by atoms with E-state index in [1.807, 2.05) is 6.92 Å². The average Bonchev–Trinajstić information content (AvgIpc) is 2.48. The first-order chi connectivity index (χ1) is 9.92. The first kappa shape index (κ1) is 17.6. The standard InChI is InChI=1S/C15H22ClNO4/c1-5-12(17)7-10-6-11(16)8-13(19-3)14(10)21-9(2)15(18)20-4/h6,8-9,12H,5,7,17H2,1-4H3. The molecule has 0 radical (unpaired) electrons. The van der Waals surface area contributed by atoms with E-state index < -0.39 is 12.1 Å². The molecule has 0 fully saturated rings. The molecule has 0 saturated heterocycles. The van der Waals surface area contributed by atoms with Gasteiger partial charge in [-0.25, -0.2) is 4.79 Å². The van der Waals surface area contributed by atoms with E-state index in [2.05, 4.69) is 4.74 Å². The lowest BCUT2D eigenvalue weighted by Crippen LogP contribution is -2.27. The van der Waals surface area contributed by atoms with Crippen molar-refractivity contribution in [2.45, 2.75) is 38.8 Å². The van der Waals surface area contributed by atoms with Crippen LogP contribution in [0.5, 0.6) is 11.5 Å². The number of rotatable bonds is 7. The molecule has 2 atom stereocenters. The Kier molecular flexibility index (Phi) is 6.78. The molecular weight excluding hydrogens is 294 g/mol. The Bertz CT molecular complexity index is 493. The number of carbonyl (C=O) groups excluding carboxylic acids is 1. The van der Waals surface area contributed by atoms with Gasteiger partial charge in [0.2, 0.25) is 0 Å². The Morgan fingerprint density at radius 2 is 2.05 bits per heavy atom. The molecule has 0 bridgehead atoms. The molecule has 1 rings (SSSR count). The smallest absolute Gasteiger partial charge is 0.346 e. The summed E-state index contributed by atoms with van der Waals surface area (Å²) in [6.45, 7) is 3.62. The predicted octanol–water partition coefficient (Wildman–Crippen LogP) is 2.57. The maximum Gasteiger partial charge on any atom is 0.346 e. The van der Waals surface area contributed by atoms with Crippen molar-refractivity contribution >= 4 is 17.6 Å². The summed E-state index contributed by atoms with van der Waals surface area (Å²) in [6.07, 6.45) is 0.652. The lowest BCUT2D eigenvalue weighted by Gasteiger charge is -2.20. The van der Waals surface area contributed by atoms with Crippen LogP contribution >= 0.6 is 11.6 Å². The van der Waals surface area contributed by atoms with Gasteiger partial charge >= 0.3 is 5.97 Å². The maximum atomic E-state index is 11.5. The molecule has 0 aliphatic rings. The van der Waals surface area contributed by atoms with Crippen molar-refractivity contribution in [1.29, 1.82) is 0 Å². The second kappa shape index (κ2) is 8.10. The minimum absolute atomic E-state index is 0.0241. The van der Waals surface area contributed by atoms with Crippen LogP contribution in [0.3, 0.4) is 0 Å². The zero-order chi connectivity index (χ0) is 16.0. The number of esters is 1. The van der Waals surface area contributed by atoms with E-state index in [0.29, 0.717) is 22.9 Å². The molecule has 0 aromatic heterocycles. The Labute approximate surface area is 130 Å². The zero-order valence-corrected chi connectivity index (χ0v) is 13.6. The Balaban J connectivity index is 3.15. The monoisotopic (exact) mass is 315 g/mol. The molecule has 6 heteroatoms. The third kappa shape index (κ3) is 4.79. The van der Waals surface area contributed by atoms with Crippen LogP contribution in [0.15, 0.2) is 12.1 Å². The second-order valence-corrected chi connectivity index (χ2v) is 5.19. The highest BCUT2D eigenvalue weighted by Gasteiger charge is 2.21. The fraction of sp³-hybridized carbons (Fsp3) is 0.533. The van der Waals surface area contributed by atoms with Gasteiger partial charge < -0.3 is 19.9 Å². The lowest BCUT2D eigenvalue weighted by atomic mass is 10.0. The fourth-order valence-corrected chi connectivity index (χ4v) is 2.11. The van der Waals surface area contributed by atoms with Crippen molar-refractivity contribution in [3.05, 3.63) is 22.7 Å². The van der Waals surface area contributed by atoms with Gasteiger partial charge in [0.15, 0.2) is 17.6 Å². The lowest BCUT2D eigenvalue weighted by molar-refractivity contribution is -0.147. The van der Waals surface area contributed by atoms with Gasteiger partial charge in [0.1, 0.15) is 0 Å². The number of carbonyl (C=O) groups is 1. The van der Waals surface area contributed by atoms with Crippen LogP contribution in [-0.4, -0.2) is 32.3 Å². The van der Waals surface area contributed by atoms with E-state index in [0.717, 1.165) is 12.0 Å². The van der Waals surface area contributed by atoms with Crippen molar-refractivity contribution in [3.63, 3.8) is 0 Å². The molecule has 1 aromatic rings. The first-order valence-corrected chi connectivity index (χ1v) is 7.17. The molecular formula is C15H22ClNO4. The predicted molar refractivity (Wildman–Crippen MR) is 82.1 cm³/mol. The summed E-state index contributed by atoms with van der Waals surface area (Å²) in [6, 6.07) is 3.39. The maximum absolute atomic E-state index is 11.5. The Morgan fingerprint density at radius 1 is 1.38 bits per heavy atom. The summed E-state index contributed by atoms with van der Waals surface area (Å²) in [5, 5.41) is 0.531. The van der Waals surface area contributed by atoms with Crippen LogP contribution in [0.1, 0.15) is 25.8 Å². The van der Waals surface area contributed by atoms with Gasteiger partial charge in [-0.05, 0) is 25.8 Å². The molecule has 1 aromatic carbocycles. The third-order valence-corrected chi connectivity index (χ3v) is 3.37. The molecule has 0 saturated carbocycles. The molecule has 2 unspecified atom stereocenters. The van der Waals surface area contributed by atoms with E-state index in [-0.39, 0.29) is 6.04 Å². The Hall–Kier alpha value is -1.46. The van der Waals surface area contributed by atoms with Gasteiger partial charge in [0, 0.05) is 22.7 Å². The molecule has 21 heavy (non-hydrogen) atoms. The number of hydrogen-bond donors (Lipinski definition) is 1. The van der Waals surface area contributed by atoms with Crippen LogP contribution in [0.25, 0.3) is 0 Å². The summed E-state index contributed by atoms with van der Waals surface area (Å²) in [5.74, 6) is 0.484. The van der Waals surface area contributed by atoms with Crippen molar-refractivity contribution in [1.82, 2.24) is 0 Å². The minimum atomic E-state index is -0.748. The molecule has 0 amide bonds. The van der Waals surface area contributed by atoms with Crippen molar-refractivity contribution < 1.29 is 19.0 Å². The molecule has 0 aliphatic carbocycles. The Morgan fingerprint density at radius 3 is 2.57 bits per heavy atom. The van der Waals surface area contributed by atoms with Crippen LogP contribution < -0.4 is 15.2 Å². The van der Waals surface area contributed by atoms with E-state index >= 15 is 0 Å². The number of hydrogen-bond acceptors (Lipinski definition) is 5. The summed E-state index contributed by atoms with van der Waals surface area (Å²) < 4.78 is 15.7. The number of ether oxygens (including phenoxy) is 3. The third-order valence-electron chi connectivity index (χ3n) is 3.15. The minimum Gasteiger partial charge on any atom is -0.493 e. The van der Waals surface area contributed by atoms with Gasteiger partial charge in [0.05, 0.1) is 14.2 Å². The molecule has 0 heterocycles. The molecule has 118 valence electrons. The second-order valence-electron chi connectivity index (χ2n) is 4.75. The SMILES string of the molecule is CCC(N)Cc1cc(Cl)cc(OC)c1OC(C)C(=O)OC. The van der Waals surface area contributed by atoms with Crippen molar-refractivity contribution in [2.24, 2.45) is 5.73 Å². The van der Waals surface area contributed by atoms with E-state index in [9.17, 15) is 4.79 Å². The van der Waals surface area contributed by atoms with Crippen LogP contribution in [0.4, 0.5) is 0 Å². The average molecular weight is 316 g/mol. The molecule has 0 aliphatic heterocycles. The first-order valence-electron chi connectivity index (χ1n) is 6.79. The van der Waals surface area contributed by atoms with Gasteiger partial charge in [0.25, 0.3) is 0 Å². The van der Waals surface area contributed by atoms with Gasteiger partial charge in [-0.15, -0.1) is 0 Å². The number of benzene rings is 1. The molecule has 0 spiro atoms. The highest BCUT2D eigenvalue weighted by Crippen LogP contribution is 2.36. The topological polar surface area (TPSA) is 70.8 Å². The number of methoxy groups -OCH3 is 2. The van der Waals surface area contributed by atoms with Crippen molar-refractivity contribution in [3.8, 4) is 11.5 Å². The highest BCUT2D eigenvalue weighted by molar-refractivity contribution is 6.30. The van der Waals surface area contributed by atoms with E-state index in [1.54, 1.807) is 19.1 Å². The van der Waals surface area contributed by atoms with E-state index in [4.69, 9.17) is 26.8 Å². The largest absolute Gasteiger partial charge is 0.493 e. The van der Waals surface area contributed by atoms with Crippen molar-refractivity contribution in [2.75, 3.05) is 14.2 Å². The molecule has 2 N–H and O–H groups in total. The summed E-state index contributed by atoms with van der Waals surface area (Å²) >= 11 is 6.09. The number of halogens is 1. The van der Waals surface area contributed by atoms with Gasteiger partial charge in [-0.1, -0.05) is 18.5 Å². The summed E-state index contributed by atoms with van der Waals surface area (Å²) in [7, 11) is 2.83. The quantitative estimate of drug-likeness (QED) is 0.783. The normalized spacial score (nSPS) is 13.4. The summed E-state index contributed by atoms with van der Waals surface area (Å²) in [4.78, 5) is 11.5.